The van der Waals surface area contributed by atoms with Gasteiger partial charge in [-0.25, -0.2) is 0 Å². The lowest BCUT2D eigenvalue weighted by Gasteiger charge is -2.39. The zero-order chi connectivity index (χ0) is 10.7. The average Bonchev–Trinajstić information content (AvgIpc) is 2.18. The fourth-order valence-corrected chi connectivity index (χ4v) is 1.36. The van der Waals surface area contributed by atoms with Crippen molar-refractivity contribution in [3.8, 4) is 0 Å². The molecule has 1 fully saturated rings. The summed E-state index contributed by atoms with van der Waals surface area (Å²) >= 11 is 0. The standard InChI is InChI=1S/C7H13NO6/c9-1-3-5(11)6(12)4(8-2-10)7(13)14-3/h2-7,9,11-13H,1H2,(H,8,10)/t3-,4-,5+,6+,7+/m0/s1. The number of nitrogens with one attached hydrogen (secondary N) is 1. The third kappa shape index (κ3) is 2.02. The molecule has 0 aromatic heterocycles. The van der Waals surface area contributed by atoms with Gasteiger partial charge in [-0.15, -0.1) is 0 Å². The molecule has 5 N–H and O–H groups in total. The van der Waals surface area contributed by atoms with Gasteiger partial charge >= 0.3 is 0 Å². The molecule has 0 spiro atoms. The molecule has 7 nitrogen and oxygen atoms in total. The van der Waals surface area contributed by atoms with Crippen LogP contribution >= 0.6 is 0 Å². The van der Waals surface area contributed by atoms with Crippen LogP contribution in [0.4, 0.5) is 0 Å². The number of carbonyl (C=O) groups is 1. The lowest BCUT2D eigenvalue weighted by molar-refractivity contribution is -0.253. The van der Waals surface area contributed by atoms with Crippen LogP contribution in [0, 0.1) is 0 Å². The highest BCUT2D eigenvalue weighted by atomic mass is 16.6. The van der Waals surface area contributed by atoms with E-state index in [1.165, 1.54) is 0 Å². The van der Waals surface area contributed by atoms with Crippen molar-refractivity contribution in [3.05, 3.63) is 0 Å². The second-order valence-electron chi connectivity index (χ2n) is 3.04. The highest BCUT2D eigenvalue weighted by molar-refractivity contribution is 5.47. The predicted octanol–water partition coefficient (Wildman–Crippen LogP) is -3.47. The van der Waals surface area contributed by atoms with Crippen molar-refractivity contribution >= 4 is 6.41 Å². The third-order valence-corrected chi connectivity index (χ3v) is 2.16. The Hall–Kier alpha value is -0.730. The van der Waals surface area contributed by atoms with Gasteiger partial charge in [0, 0.05) is 0 Å². The van der Waals surface area contributed by atoms with Gasteiger partial charge < -0.3 is 30.5 Å². The average molecular weight is 207 g/mol. The van der Waals surface area contributed by atoms with Gasteiger partial charge in [-0.1, -0.05) is 0 Å². The maximum absolute atomic E-state index is 10.1. The van der Waals surface area contributed by atoms with Gasteiger partial charge in [0.05, 0.1) is 6.61 Å². The smallest absolute Gasteiger partial charge is 0.207 e. The molecule has 82 valence electrons. The summed E-state index contributed by atoms with van der Waals surface area (Å²) in [6.07, 6.45) is -4.94. The first-order chi connectivity index (χ1) is 6.61. The number of ether oxygens (including phenoxy) is 1. The van der Waals surface area contributed by atoms with Crippen molar-refractivity contribution in [2.24, 2.45) is 0 Å². The molecular formula is C7H13NO6. The number of hydrogen-bond acceptors (Lipinski definition) is 6. The Balaban J connectivity index is 2.68. The zero-order valence-electron chi connectivity index (χ0n) is 7.28. The second kappa shape index (κ2) is 4.67. The summed E-state index contributed by atoms with van der Waals surface area (Å²) in [6.45, 7) is -0.525. The topological polar surface area (TPSA) is 119 Å². The molecule has 1 aliphatic rings. The molecule has 1 heterocycles. The van der Waals surface area contributed by atoms with Crippen molar-refractivity contribution in [3.63, 3.8) is 0 Å². The molecule has 0 aliphatic carbocycles. The quantitative estimate of drug-likeness (QED) is 0.307. The number of rotatable bonds is 3. The van der Waals surface area contributed by atoms with Gasteiger partial charge in [0.25, 0.3) is 0 Å². The monoisotopic (exact) mass is 207 g/mol. The first-order valence-corrected chi connectivity index (χ1v) is 4.12. The van der Waals surface area contributed by atoms with E-state index in [1.54, 1.807) is 0 Å². The van der Waals surface area contributed by atoms with Crippen molar-refractivity contribution in [1.82, 2.24) is 5.32 Å². The molecule has 1 aliphatic heterocycles. The summed E-state index contributed by atoms with van der Waals surface area (Å²) in [6, 6.07) is -1.09. The van der Waals surface area contributed by atoms with Crippen LogP contribution in [0.25, 0.3) is 0 Å². The number of aliphatic hydroxyl groups is 4. The first-order valence-electron chi connectivity index (χ1n) is 4.12. The lowest BCUT2D eigenvalue weighted by Crippen LogP contribution is -2.63. The van der Waals surface area contributed by atoms with Crippen LogP contribution < -0.4 is 5.32 Å². The van der Waals surface area contributed by atoms with Gasteiger partial charge in [-0.3, -0.25) is 4.79 Å². The van der Waals surface area contributed by atoms with Crippen LogP contribution in [0.15, 0.2) is 0 Å². The molecule has 0 aromatic rings. The van der Waals surface area contributed by atoms with E-state index in [0.717, 1.165) is 0 Å². The molecule has 1 rings (SSSR count). The molecule has 1 saturated heterocycles. The molecule has 0 saturated carbocycles. The lowest BCUT2D eigenvalue weighted by atomic mass is 9.97. The summed E-state index contributed by atoms with van der Waals surface area (Å²) in [5.74, 6) is 0. The van der Waals surface area contributed by atoms with Gasteiger partial charge in [-0.05, 0) is 0 Å². The number of aliphatic hydroxyl groups excluding tert-OH is 4. The fraction of sp³-hybridized carbons (Fsp3) is 0.857. The van der Waals surface area contributed by atoms with E-state index < -0.39 is 37.3 Å². The summed E-state index contributed by atoms with van der Waals surface area (Å²) in [5.41, 5.74) is 0. The minimum atomic E-state index is -1.45. The Labute approximate surface area is 79.9 Å². The predicted molar refractivity (Wildman–Crippen MR) is 43.0 cm³/mol. The normalized spacial score (nSPS) is 43.3. The Bertz CT molecular complexity index is 201. The van der Waals surface area contributed by atoms with E-state index in [2.05, 4.69) is 5.32 Å². The van der Waals surface area contributed by atoms with Crippen molar-refractivity contribution in [2.45, 2.75) is 30.6 Å². The van der Waals surface area contributed by atoms with Crippen LogP contribution in [0.1, 0.15) is 0 Å². The van der Waals surface area contributed by atoms with Crippen LogP contribution in [0.2, 0.25) is 0 Å². The maximum atomic E-state index is 10.1. The van der Waals surface area contributed by atoms with Crippen LogP contribution in [-0.4, -0.2) is 64.1 Å². The summed E-state index contributed by atoms with van der Waals surface area (Å²) in [4.78, 5) is 10.1. The van der Waals surface area contributed by atoms with Crippen molar-refractivity contribution in [1.29, 1.82) is 0 Å². The van der Waals surface area contributed by atoms with Crippen LogP contribution in [0.5, 0.6) is 0 Å². The number of amides is 1. The minimum Gasteiger partial charge on any atom is -0.394 e. The van der Waals surface area contributed by atoms with E-state index in [4.69, 9.17) is 9.84 Å². The molecule has 7 heteroatoms. The van der Waals surface area contributed by atoms with Crippen molar-refractivity contribution in [2.75, 3.05) is 6.61 Å². The fourth-order valence-electron chi connectivity index (χ4n) is 1.36. The molecule has 0 unspecified atom stereocenters. The summed E-state index contributed by atoms with van der Waals surface area (Å²) in [5, 5.41) is 38.9. The Kier molecular flexibility index (Phi) is 3.78. The SMILES string of the molecule is O=CN[C@H]1[C@@H](O)[C@H](O)[C@H](CO)O[C@H]1O. The number of hydrogen-bond donors (Lipinski definition) is 5. The molecule has 14 heavy (non-hydrogen) atoms. The highest BCUT2D eigenvalue weighted by Crippen LogP contribution is 2.19. The second-order valence-corrected chi connectivity index (χ2v) is 3.04. The number of carbonyl (C=O) groups excluding carboxylic acids is 1. The molecule has 0 aromatic carbocycles. The Morgan fingerprint density at radius 3 is 2.43 bits per heavy atom. The van der Waals surface area contributed by atoms with E-state index in [1.807, 2.05) is 0 Å². The molecule has 0 radical (unpaired) electrons. The van der Waals surface area contributed by atoms with E-state index in [0.29, 0.717) is 0 Å². The van der Waals surface area contributed by atoms with Crippen LogP contribution in [0.3, 0.4) is 0 Å². The Morgan fingerprint density at radius 2 is 1.93 bits per heavy atom. The first kappa shape index (κ1) is 11.3. The van der Waals surface area contributed by atoms with Crippen LogP contribution in [-0.2, 0) is 9.53 Å². The largest absolute Gasteiger partial charge is 0.394 e. The van der Waals surface area contributed by atoms with Gasteiger partial charge in [0.2, 0.25) is 6.41 Å². The van der Waals surface area contributed by atoms with Crippen molar-refractivity contribution < 1.29 is 30.0 Å². The maximum Gasteiger partial charge on any atom is 0.207 e. The van der Waals surface area contributed by atoms with Gasteiger partial charge in [0.1, 0.15) is 24.4 Å². The molecule has 0 bridgehead atoms. The molecular weight excluding hydrogens is 194 g/mol. The zero-order valence-corrected chi connectivity index (χ0v) is 7.28. The third-order valence-electron chi connectivity index (χ3n) is 2.16. The minimum absolute atomic E-state index is 0.284. The van der Waals surface area contributed by atoms with E-state index in [-0.39, 0.29) is 6.41 Å². The summed E-state index contributed by atoms with van der Waals surface area (Å²) in [7, 11) is 0. The molecule has 5 atom stereocenters. The Morgan fingerprint density at radius 1 is 1.29 bits per heavy atom. The van der Waals surface area contributed by atoms with E-state index in [9.17, 15) is 20.1 Å². The van der Waals surface area contributed by atoms with Gasteiger partial charge in [-0.2, -0.15) is 0 Å². The van der Waals surface area contributed by atoms with Gasteiger partial charge in [0.15, 0.2) is 6.29 Å². The van der Waals surface area contributed by atoms with E-state index >= 15 is 0 Å². The summed E-state index contributed by atoms with van der Waals surface area (Å²) < 4.78 is 4.76. The highest BCUT2D eigenvalue weighted by Gasteiger charge is 2.43. The molecule has 1 amide bonds.